The molecule has 2 rings (SSSR count). The lowest BCUT2D eigenvalue weighted by molar-refractivity contribution is 0.228. The standard InChI is InChI=1S/C16H24BrN/c1-2-12-4-3-5-14(10-12)16(18)11-13-6-8-15(17)9-7-13/h6-9,12,14,16H,2-5,10-11,18H2,1H3. The molecular formula is C16H24BrN. The van der Waals surface area contributed by atoms with E-state index in [0.29, 0.717) is 6.04 Å². The van der Waals surface area contributed by atoms with E-state index < -0.39 is 0 Å². The van der Waals surface area contributed by atoms with E-state index in [2.05, 4.69) is 47.1 Å². The van der Waals surface area contributed by atoms with Crippen LogP contribution in [0.5, 0.6) is 0 Å². The van der Waals surface area contributed by atoms with E-state index >= 15 is 0 Å². The van der Waals surface area contributed by atoms with Crippen molar-refractivity contribution in [2.24, 2.45) is 17.6 Å². The molecule has 0 radical (unpaired) electrons. The third-order valence-corrected chi connectivity index (χ3v) is 4.92. The molecular weight excluding hydrogens is 286 g/mol. The highest BCUT2D eigenvalue weighted by molar-refractivity contribution is 9.10. The average molecular weight is 310 g/mol. The van der Waals surface area contributed by atoms with Gasteiger partial charge in [0, 0.05) is 10.5 Å². The van der Waals surface area contributed by atoms with Crippen LogP contribution in [0.15, 0.2) is 28.7 Å². The van der Waals surface area contributed by atoms with Crippen LogP contribution < -0.4 is 5.73 Å². The second-order valence-corrected chi connectivity index (χ2v) is 6.61. The minimum atomic E-state index is 0.334. The molecule has 1 nitrogen and oxygen atoms in total. The number of halogens is 1. The van der Waals surface area contributed by atoms with Gasteiger partial charge in [0.05, 0.1) is 0 Å². The van der Waals surface area contributed by atoms with Crippen molar-refractivity contribution in [3.05, 3.63) is 34.3 Å². The summed E-state index contributed by atoms with van der Waals surface area (Å²) in [5.74, 6) is 1.65. The van der Waals surface area contributed by atoms with Gasteiger partial charge >= 0.3 is 0 Å². The number of hydrogen-bond donors (Lipinski definition) is 1. The van der Waals surface area contributed by atoms with E-state index in [4.69, 9.17) is 5.73 Å². The summed E-state index contributed by atoms with van der Waals surface area (Å²) in [5, 5.41) is 0. The van der Waals surface area contributed by atoms with E-state index in [1.165, 1.54) is 37.7 Å². The van der Waals surface area contributed by atoms with Crippen molar-refractivity contribution in [1.29, 1.82) is 0 Å². The van der Waals surface area contributed by atoms with Crippen molar-refractivity contribution in [1.82, 2.24) is 0 Å². The molecule has 0 aliphatic heterocycles. The van der Waals surface area contributed by atoms with E-state index in [0.717, 1.165) is 22.7 Å². The highest BCUT2D eigenvalue weighted by Gasteiger charge is 2.25. The molecule has 1 aliphatic rings. The van der Waals surface area contributed by atoms with Crippen LogP contribution in [0.4, 0.5) is 0 Å². The lowest BCUT2D eigenvalue weighted by Crippen LogP contribution is -2.35. The van der Waals surface area contributed by atoms with E-state index in [1.54, 1.807) is 0 Å². The summed E-state index contributed by atoms with van der Waals surface area (Å²) in [7, 11) is 0. The van der Waals surface area contributed by atoms with Crippen molar-refractivity contribution in [2.45, 2.75) is 51.5 Å². The molecule has 0 amide bonds. The summed E-state index contributed by atoms with van der Waals surface area (Å²) >= 11 is 3.47. The first-order chi connectivity index (χ1) is 8.69. The Bertz CT molecular complexity index is 360. The quantitative estimate of drug-likeness (QED) is 0.868. The van der Waals surface area contributed by atoms with Crippen LogP contribution in [0.2, 0.25) is 0 Å². The smallest absolute Gasteiger partial charge is 0.0175 e. The Balaban J connectivity index is 1.90. The number of rotatable bonds is 4. The Hall–Kier alpha value is -0.340. The zero-order chi connectivity index (χ0) is 13.0. The van der Waals surface area contributed by atoms with Crippen LogP contribution >= 0.6 is 15.9 Å². The van der Waals surface area contributed by atoms with Crippen molar-refractivity contribution in [3.63, 3.8) is 0 Å². The fourth-order valence-electron chi connectivity index (χ4n) is 3.15. The molecule has 18 heavy (non-hydrogen) atoms. The zero-order valence-electron chi connectivity index (χ0n) is 11.2. The minimum absolute atomic E-state index is 0.334. The van der Waals surface area contributed by atoms with Gasteiger partial charge in [-0.25, -0.2) is 0 Å². The molecule has 2 N–H and O–H groups in total. The predicted octanol–water partition coefficient (Wildman–Crippen LogP) is 4.54. The lowest BCUT2D eigenvalue weighted by atomic mass is 9.76. The highest BCUT2D eigenvalue weighted by Crippen LogP contribution is 2.33. The Morgan fingerprint density at radius 2 is 2.00 bits per heavy atom. The lowest BCUT2D eigenvalue weighted by Gasteiger charge is -2.32. The molecule has 2 heteroatoms. The molecule has 1 aromatic rings. The minimum Gasteiger partial charge on any atom is -0.327 e. The monoisotopic (exact) mass is 309 g/mol. The van der Waals surface area contributed by atoms with Crippen molar-refractivity contribution in [3.8, 4) is 0 Å². The predicted molar refractivity (Wildman–Crippen MR) is 81.6 cm³/mol. The van der Waals surface area contributed by atoms with Crippen LogP contribution in [0, 0.1) is 11.8 Å². The Labute approximate surface area is 119 Å². The van der Waals surface area contributed by atoms with Crippen molar-refractivity contribution in [2.75, 3.05) is 0 Å². The third kappa shape index (κ3) is 3.83. The van der Waals surface area contributed by atoms with Gasteiger partial charge in [0.1, 0.15) is 0 Å². The highest BCUT2D eigenvalue weighted by atomic mass is 79.9. The van der Waals surface area contributed by atoms with Gasteiger partial charge in [0.15, 0.2) is 0 Å². The van der Waals surface area contributed by atoms with Gasteiger partial charge in [-0.15, -0.1) is 0 Å². The van der Waals surface area contributed by atoms with Gasteiger partial charge < -0.3 is 5.73 Å². The van der Waals surface area contributed by atoms with Crippen LogP contribution in [0.25, 0.3) is 0 Å². The van der Waals surface area contributed by atoms with Crippen molar-refractivity contribution < 1.29 is 0 Å². The topological polar surface area (TPSA) is 26.0 Å². The largest absolute Gasteiger partial charge is 0.327 e. The summed E-state index contributed by atoms with van der Waals surface area (Å²) in [6.07, 6.45) is 7.80. The van der Waals surface area contributed by atoms with E-state index in [-0.39, 0.29) is 0 Å². The maximum Gasteiger partial charge on any atom is 0.0175 e. The molecule has 1 fully saturated rings. The van der Waals surface area contributed by atoms with Gasteiger partial charge in [-0.05, 0) is 48.8 Å². The Morgan fingerprint density at radius 1 is 1.28 bits per heavy atom. The number of benzene rings is 1. The summed E-state index contributed by atoms with van der Waals surface area (Å²) in [4.78, 5) is 0. The molecule has 1 aliphatic carbocycles. The van der Waals surface area contributed by atoms with Crippen LogP contribution in [-0.2, 0) is 6.42 Å². The first kappa shape index (κ1) is 14.1. The first-order valence-corrected chi connectivity index (χ1v) is 7.98. The third-order valence-electron chi connectivity index (χ3n) is 4.39. The molecule has 3 atom stereocenters. The van der Waals surface area contributed by atoms with Gasteiger partial charge in [0.25, 0.3) is 0 Å². The van der Waals surface area contributed by atoms with Gasteiger partial charge in [-0.1, -0.05) is 54.2 Å². The summed E-state index contributed by atoms with van der Waals surface area (Å²) < 4.78 is 1.14. The second-order valence-electron chi connectivity index (χ2n) is 5.70. The fraction of sp³-hybridized carbons (Fsp3) is 0.625. The molecule has 100 valence electrons. The summed E-state index contributed by atoms with van der Waals surface area (Å²) in [6, 6.07) is 8.92. The normalized spacial score (nSPS) is 25.9. The zero-order valence-corrected chi connectivity index (χ0v) is 12.8. The fourth-order valence-corrected chi connectivity index (χ4v) is 3.42. The van der Waals surface area contributed by atoms with Crippen molar-refractivity contribution >= 4 is 15.9 Å². The molecule has 1 saturated carbocycles. The molecule has 0 saturated heterocycles. The van der Waals surface area contributed by atoms with Crippen LogP contribution in [0.3, 0.4) is 0 Å². The Kier molecular flexibility index (Phi) is 5.25. The number of nitrogens with two attached hydrogens (primary N) is 1. The first-order valence-electron chi connectivity index (χ1n) is 7.19. The summed E-state index contributed by atoms with van der Waals surface area (Å²) in [5.41, 5.74) is 7.79. The average Bonchev–Trinajstić information content (AvgIpc) is 2.41. The van der Waals surface area contributed by atoms with Gasteiger partial charge in [0.2, 0.25) is 0 Å². The maximum absolute atomic E-state index is 6.42. The molecule has 3 unspecified atom stereocenters. The van der Waals surface area contributed by atoms with E-state index in [1.807, 2.05) is 0 Å². The van der Waals surface area contributed by atoms with Gasteiger partial charge in [-0.2, -0.15) is 0 Å². The SMILES string of the molecule is CCC1CCCC(C(N)Cc2ccc(Br)cc2)C1. The van der Waals surface area contributed by atoms with E-state index in [9.17, 15) is 0 Å². The molecule has 0 spiro atoms. The van der Waals surface area contributed by atoms with Crippen LogP contribution in [-0.4, -0.2) is 6.04 Å². The van der Waals surface area contributed by atoms with Gasteiger partial charge in [-0.3, -0.25) is 0 Å². The molecule has 0 bridgehead atoms. The maximum atomic E-state index is 6.42. The second kappa shape index (κ2) is 6.72. The molecule has 1 aromatic carbocycles. The Morgan fingerprint density at radius 3 is 2.67 bits per heavy atom. The molecule has 0 aromatic heterocycles. The number of hydrogen-bond acceptors (Lipinski definition) is 1. The summed E-state index contributed by atoms with van der Waals surface area (Å²) in [6.45, 7) is 2.31. The molecule has 0 heterocycles. The van der Waals surface area contributed by atoms with Crippen LogP contribution in [0.1, 0.15) is 44.6 Å².